The van der Waals surface area contributed by atoms with Gasteiger partial charge in [-0.25, -0.2) is 0 Å². The van der Waals surface area contributed by atoms with Crippen molar-refractivity contribution >= 4 is 5.69 Å². The van der Waals surface area contributed by atoms with Gasteiger partial charge in [0, 0.05) is 19.3 Å². The van der Waals surface area contributed by atoms with E-state index in [0.717, 1.165) is 5.92 Å². The van der Waals surface area contributed by atoms with Crippen molar-refractivity contribution in [1.82, 2.24) is 5.32 Å². The molecule has 0 spiro atoms. The molecular weight excluding hydrogens is 220 g/mol. The molecule has 1 aromatic rings. The second-order valence-electron chi connectivity index (χ2n) is 5.87. The third-order valence-corrected chi connectivity index (χ3v) is 4.43. The highest BCUT2D eigenvalue weighted by Crippen LogP contribution is 2.32. The maximum absolute atomic E-state index is 3.53. The molecule has 0 saturated carbocycles. The summed E-state index contributed by atoms with van der Waals surface area (Å²) >= 11 is 0. The summed E-state index contributed by atoms with van der Waals surface area (Å²) in [5.74, 6) is 0.834. The van der Waals surface area contributed by atoms with Crippen molar-refractivity contribution in [3.63, 3.8) is 0 Å². The van der Waals surface area contributed by atoms with Crippen LogP contribution in [-0.2, 0) is 12.8 Å². The maximum atomic E-state index is 3.53. The predicted molar refractivity (Wildman–Crippen MR) is 77.3 cm³/mol. The van der Waals surface area contributed by atoms with Crippen molar-refractivity contribution in [3.8, 4) is 0 Å². The van der Waals surface area contributed by atoms with Crippen LogP contribution in [0, 0.1) is 5.92 Å². The molecule has 0 bridgehead atoms. The molecule has 3 rings (SSSR count). The first kappa shape index (κ1) is 12.0. The molecule has 2 aliphatic rings. The van der Waals surface area contributed by atoms with Gasteiger partial charge in [-0.1, -0.05) is 18.2 Å². The number of para-hydroxylation sites is 1. The molecule has 18 heavy (non-hydrogen) atoms. The first-order valence-electron chi connectivity index (χ1n) is 7.37. The lowest BCUT2D eigenvalue weighted by molar-refractivity contribution is 0.376. The van der Waals surface area contributed by atoms with Crippen molar-refractivity contribution in [2.24, 2.45) is 5.92 Å². The molecule has 1 unspecified atom stereocenters. The van der Waals surface area contributed by atoms with Crippen LogP contribution in [0.1, 0.15) is 30.4 Å². The number of benzene rings is 1. The van der Waals surface area contributed by atoms with Crippen LogP contribution in [-0.4, -0.2) is 26.7 Å². The van der Waals surface area contributed by atoms with Gasteiger partial charge >= 0.3 is 0 Å². The molecule has 1 aromatic carbocycles. The lowest BCUT2D eigenvalue weighted by Crippen LogP contribution is -2.32. The van der Waals surface area contributed by atoms with E-state index in [1.54, 1.807) is 11.1 Å². The Kier molecular flexibility index (Phi) is 3.55. The monoisotopic (exact) mass is 244 g/mol. The molecule has 1 atom stereocenters. The molecule has 1 saturated heterocycles. The van der Waals surface area contributed by atoms with Crippen molar-refractivity contribution in [3.05, 3.63) is 29.3 Å². The standard InChI is InChI=1S/C16H24N2/c1-18-10-4-8-14-6-2-7-15(16(14)18)11-13-5-3-9-17-12-13/h2,6-7,13,17H,3-5,8-12H2,1H3. The molecule has 1 fully saturated rings. The summed E-state index contributed by atoms with van der Waals surface area (Å²) in [5.41, 5.74) is 4.67. The first-order chi connectivity index (χ1) is 8.84. The minimum Gasteiger partial charge on any atom is -0.374 e. The number of hydrogen-bond donors (Lipinski definition) is 1. The van der Waals surface area contributed by atoms with Crippen molar-refractivity contribution in [2.45, 2.75) is 32.1 Å². The van der Waals surface area contributed by atoms with Gasteiger partial charge in [0.1, 0.15) is 0 Å². The summed E-state index contributed by atoms with van der Waals surface area (Å²) in [4.78, 5) is 2.46. The van der Waals surface area contributed by atoms with Crippen LogP contribution in [0.5, 0.6) is 0 Å². The van der Waals surface area contributed by atoms with Gasteiger partial charge in [0.2, 0.25) is 0 Å². The van der Waals surface area contributed by atoms with E-state index in [1.807, 2.05) is 0 Å². The molecule has 1 N–H and O–H groups in total. The average molecular weight is 244 g/mol. The highest BCUT2D eigenvalue weighted by molar-refractivity contribution is 5.61. The fourth-order valence-electron chi connectivity index (χ4n) is 3.53. The zero-order valence-corrected chi connectivity index (χ0v) is 11.4. The van der Waals surface area contributed by atoms with Gasteiger partial charge in [-0.05, 0) is 62.2 Å². The molecule has 0 aliphatic carbocycles. The molecule has 2 heteroatoms. The number of aryl methyl sites for hydroxylation is 1. The van der Waals surface area contributed by atoms with Gasteiger partial charge < -0.3 is 10.2 Å². The summed E-state index contributed by atoms with van der Waals surface area (Å²) in [7, 11) is 2.25. The lowest BCUT2D eigenvalue weighted by atomic mass is 9.89. The molecule has 2 aliphatic heterocycles. The van der Waals surface area contributed by atoms with Crippen LogP contribution in [0.3, 0.4) is 0 Å². The molecule has 0 amide bonds. The fraction of sp³-hybridized carbons (Fsp3) is 0.625. The van der Waals surface area contributed by atoms with Crippen LogP contribution >= 0.6 is 0 Å². The molecule has 0 aromatic heterocycles. The van der Waals surface area contributed by atoms with Gasteiger partial charge in [0.25, 0.3) is 0 Å². The number of rotatable bonds is 2. The van der Waals surface area contributed by atoms with E-state index >= 15 is 0 Å². The van der Waals surface area contributed by atoms with Gasteiger partial charge in [-0.2, -0.15) is 0 Å². The Morgan fingerprint density at radius 2 is 2.28 bits per heavy atom. The first-order valence-corrected chi connectivity index (χ1v) is 7.37. The number of hydrogen-bond acceptors (Lipinski definition) is 2. The van der Waals surface area contributed by atoms with Crippen LogP contribution < -0.4 is 10.2 Å². The van der Waals surface area contributed by atoms with Crippen LogP contribution in [0.15, 0.2) is 18.2 Å². The predicted octanol–water partition coefficient (Wildman–Crippen LogP) is 2.61. The Hall–Kier alpha value is -1.02. The zero-order valence-electron chi connectivity index (χ0n) is 11.4. The van der Waals surface area contributed by atoms with E-state index in [1.165, 1.54) is 57.4 Å². The Labute approximate surface area is 110 Å². The van der Waals surface area contributed by atoms with E-state index < -0.39 is 0 Å². The smallest absolute Gasteiger partial charge is 0.0428 e. The topological polar surface area (TPSA) is 15.3 Å². The molecule has 2 heterocycles. The number of fused-ring (bicyclic) bond motifs is 1. The fourth-order valence-corrected chi connectivity index (χ4v) is 3.53. The van der Waals surface area contributed by atoms with Crippen LogP contribution in [0.2, 0.25) is 0 Å². The molecule has 0 radical (unpaired) electrons. The number of nitrogens with one attached hydrogen (secondary N) is 1. The summed E-state index contributed by atoms with van der Waals surface area (Å²) < 4.78 is 0. The second-order valence-corrected chi connectivity index (χ2v) is 5.87. The average Bonchev–Trinajstić information content (AvgIpc) is 2.40. The lowest BCUT2D eigenvalue weighted by Gasteiger charge is -2.31. The summed E-state index contributed by atoms with van der Waals surface area (Å²) in [6.07, 6.45) is 6.55. The Bertz CT molecular complexity index is 408. The largest absolute Gasteiger partial charge is 0.374 e. The minimum atomic E-state index is 0.834. The zero-order chi connectivity index (χ0) is 12.4. The second kappa shape index (κ2) is 5.31. The van der Waals surface area contributed by atoms with E-state index in [0.29, 0.717) is 0 Å². The maximum Gasteiger partial charge on any atom is 0.0428 e. The quantitative estimate of drug-likeness (QED) is 0.860. The summed E-state index contributed by atoms with van der Waals surface area (Å²) in [5, 5.41) is 3.53. The highest BCUT2D eigenvalue weighted by Gasteiger charge is 2.20. The van der Waals surface area contributed by atoms with Crippen LogP contribution in [0.4, 0.5) is 5.69 Å². The number of anilines is 1. The van der Waals surface area contributed by atoms with E-state index in [9.17, 15) is 0 Å². The summed E-state index contributed by atoms with van der Waals surface area (Å²) in [6, 6.07) is 6.91. The molecular formula is C16H24N2. The molecule has 2 nitrogen and oxygen atoms in total. The third kappa shape index (κ3) is 2.39. The normalized spacial score (nSPS) is 23.8. The SMILES string of the molecule is CN1CCCc2cccc(CC3CCCNC3)c21. The van der Waals surface area contributed by atoms with Gasteiger partial charge in [-0.15, -0.1) is 0 Å². The van der Waals surface area contributed by atoms with Crippen LogP contribution in [0.25, 0.3) is 0 Å². The molecule has 98 valence electrons. The van der Waals surface area contributed by atoms with Gasteiger partial charge in [0.15, 0.2) is 0 Å². The van der Waals surface area contributed by atoms with E-state index in [4.69, 9.17) is 0 Å². The van der Waals surface area contributed by atoms with Crippen molar-refractivity contribution < 1.29 is 0 Å². The van der Waals surface area contributed by atoms with Crippen molar-refractivity contribution in [2.75, 3.05) is 31.6 Å². The number of nitrogens with zero attached hydrogens (tertiary/aromatic N) is 1. The third-order valence-electron chi connectivity index (χ3n) is 4.43. The minimum absolute atomic E-state index is 0.834. The van der Waals surface area contributed by atoms with E-state index in [2.05, 4.69) is 35.5 Å². The van der Waals surface area contributed by atoms with E-state index in [-0.39, 0.29) is 0 Å². The number of piperidine rings is 1. The van der Waals surface area contributed by atoms with Gasteiger partial charge in [-0.3, -0.25) is 0 Å². The highest BCUT2D eigenvalue weighted by atomic mass is 15.1. The summed E-state index contributed by atoms with van der Waals surface area (Å²) in [6.45, 7) is 3.63. The van der Waals surface area contributed by atoms with Gasteiger partial charge in [0.05, 0.1) is 0 Å². The Morgan fingerprint density at radius 3 is 3.11 bits per heavy atom. The Morgan fingerprint density at radius 1 is 1.33 bits per heavy atom. The Balaban J connectivity index is 1.82. The van der Waals surface area contributed by atoms with Crippen molar-refractivity contribution in [1.29, 1.82) is 0 Å².